The van der Waals surface area contributed by atoms with Gasteiger partial charge in [-0.1, -0.05) is 112 Å². The fraction of sp³-hybridized carbons (Fsp3) is 0.0833. The topological polar surface area (TPSA) is 13.1 Å². The Bertz CT molecular complexity index is 3160. The SMILES string of the molecule is CC(C)(C)c1ccc2c3c4c5ccccc5n5c4c(cc3n(-c3ccccc3)c2c1)B1c2sc3ccccc3c2N(c2ccccc2)c2cccc-5c21. The van der Waals surface area contributed by atoms with Gasteiger partial charge < -0.3 is 14.0 Å². The molecule has 250 valence electrons. The van der Waals surface area contributed by atoms with E-state index in [1.165, 1.54) is 103 Å². The number of fused-ring (bicyclic) bond motifs is 13. The molecule has 0 atom stereocenters. The lowest BCUT2D eigenvalue weighted by Crippen LogP contribution is -2.59. The molecule has 2 aliphatic heterocycles. The van der Waals surface area contributed by atoms with E-state index in [2.05, 4.69) is 186 Å². The van der Waals surface area contributed by atoms with Crippen LogP contribution < -0.4 is 20.6 Å². The highest BCUT2D eigenvalue weighted by Gasteiger charge is 2.44. The molecule has 0 unspecified atom stereocenters. The number of nitrogens with zero attached hydrogens (tertiary/aromatic N) is 3. The van der Waals surface area contributed by atoms with Crippen molar-refractivity contribution in [3.05, 3.63) is 157 Å². The van der Waals surface area contributed by atoms with E-state index in [0.29, 0.717) is 0 Å². The molecule has 0 aliphatic carbocycles. The fourth-order valence-electron chi connectivity index (χ4n) is 9.58. The number of anilines is 3. The molecule has 0 saturated carbocycles. The Kier molecular flexibility index (Phi) is 5.74. The van der Waals surface area contributed by atoms with Crippen molar-refractivity contribution in [3.8, 4) is 11.4 Å². The van der Waals surface area contributed by atoms with Crippen molar-refractivity contribution in [2.24, 2.45) is 0 Å². The van der Waals surface area contributed by atoms with Gasteiger partial charge in [0.2, 0.25) is 0 Å². The van der Waals surface area contributed by atoms with Crippen molar-refractivity contribution in [1.29, 1.82) is 0 Å². The van der Waals surface area contributed by atoms with E-state index >= 15 is 0 Å². The monoisotopic (exact) mass is 695 g/mol. The van der Waals surface area contributed by atoms with Gasteiger partial charge in [0, 0.05) is 59.2 Å². The molecular weight excluding hydrogens is 661 g/mol. The first kappa shape index (κ1) is 29.5. The van der Waals surface area contributed by atoms with Crippen LogP contribution in [-0.2, 0) is 5.41 Å². The molecule has 0 bridgehead atoms. The second-order valence-corrected chi connectivity index (χ2v) is 16.8. The van der Waals surface area contributed by atoms with Crippen LogP contribution in [0.15, 0.2) is 152 Å². The predicted molar refractivity (Wildman–Crippen MR) is 229 cm³/mol. The molecule has 5 heteroatoms. The maximum atomic E-state index is 2.59. The van der Waals surface area contributed by atoms with Crippen molar-refractivity contribution in [2.75, 3.05) is 4.90 Å². The zero-order valence-corrected chi connectivity index (χ0v) is 30.6. The van der Waals surface area contributed by atoms with Gasteiger partial charge in [-0.05, 0) is 82.6 Å². The Morgan fingerprint density at radius 3 is 2.00 bits per heavy atom. The van der Waals surface area contributed by atoms with Gasteiger partial charge in [-0.2, -0.15) is 0 Å². The van der Waals surface area contributed by atoms with E-state index in [1.807, 2.05) is 11.3 Å². The number of aromatic nitrogens is 2. The summed E-state index contributed by atoms with van der Waals surface area (Å²) in [6.07, 6.45) is 0. The molecule has 0 N–H and O–H groups in total. The summed E-state index contributed by atoms with van der Waals surface area (Å²) in [4.78, 5) is 2.53. The van der Waals surface area contributed by atoms with Crippen LogP contribution in [0.1, 0.15) is 26.3 Å². The maximum Gasteiger partial charge on any atom is 0.264 e. The highest BCUT2D eigenvalue weighted by molar-refractivity contribution is 7.33. The lowest BCUT2D eigenvalue weighted by Gasteiger charge is -2.38. The zero-order chi connectivity index (χ0) is 35.2. The molecule has 12 rings (SSSR count). The van der Waals surface area contributed by atoms with Gasteiger partial charge in [0.1, 0.15) is 0 Å². The molecule has 7 aromatic carbocycles. The predicted octanol–water partition coefficient (Wildman–Crippen LogP) is 11.0. The first-order valence-corrected chi connectivity index (χ1v) is 19.4. The summed E-state index contributed by atoms with van der Waals surface area (Å²) < 4.78 is 7.86. The smallest absolute Gasteiger partial charge is 0.264 e. The van der Waals surface area contributed by atoms with Crippen LogP contribution in [0.4, 0.5) is 17.1 Å². The van der Waals surface area contributed by atoms with Crippen LogP contribution in [0.5, 0.6) is 0 Å². The number of thiophene rings is 1. The van der Waals surface area contributed by atoms with Crippen molar-refractivity contribution in [3.63, 3.8) is 0 Å². The summed E-state index contributed by atoms with van der Waals surface area (Å²) >= 11 is 1.96. The summed E-state index contributed by atoms with van der Waals surface area (Å²) in [6, 6.07) is 56.7. The quantitative estimate of drug-likeness (QED) is 0.164. The van der Waals surface area contributed by atoms with E-state index in [0.717, 1.165) is 0 Å². The first-order chi connectivity index (χ1) is 26.0. The average Bonchev–Trinajstić information content (AvgIpc) is 3.85. The van der Waals surface area contributed by atoms with Gasteiger partial charge >= 0.3 is 0 Å². The van der Waals surface area contributed by atoms with Crippen LogP contribution in [-0.4, -0.2) is 15.8 Å². The van der Waals surface area contributed by atoms with Gasteiger partial charge in [-0.25, -0.2) is 0 Å². The van der Waals surface area contributed by atoms with Crippen molar-refractivity contribution in [1.82, 2.24) is 9.13 Å². The molecule has 0 radical (unpaired) electrons. The molecule has 0 fully saturated rings. The van der Waals surface area contributed by atoms with E-state index < -0.39 is 0 Å². The van der Waals surface area contributed by atoms with Gasteiger partial charge in [0.05, 0.1) is 27.8 Å². The summed E-state index contributed by atoms with van der Waals surface area (Å²) in [5.41, 5.74) is 15.4. The van der Waals surface area contributed by atoms with Gasteiger partial charge in [0.25, 0.3) is 6.71 Å². The Morgan fingerprint density at radius 2 is 1.21 bits per heavy atom. The standard InChI is InChI=1S/C48H34BN3S/c1-48(2,3)29-25-26-33-39(27-29)50(30-15-6-4-7-16-30)40-28-35-46-43(42(33)40)32-19-10-12-21-36(32)52(46)38-23-14-22-37-44(38)49(35)47-45(34-20-11-13-24-41(34)53-47)51(37)31-17-8-5-9-18-31/h4-28H,1-3H3. The molecule has 3 aromatic heterocycles. The summed E-state index contributed by atoms with van der Waals surface area (Å²) in [7, 11) is 0. The van der Waals surface area contributed by atoms with E-state index in [1.54, 1.807) is 0 Å². The molecule has 0 spiro atoms. The van der Waals surface area contributed by atoms with Gasteiger partial charge in [-0.3, -0.25) is 0 Å². The Labute approximate surface area is 312 Å². The van der Waals surface area contributed by atoms with Crippen LogP contribution in [0, 0.1) is 0 Å². The Hall–Kier alpha value is -6.04. The molecule has 10 aromatic rings. The Morgan fingerprint density at radius 1 is 0.528 bits per heavy atom. The second kappa shape index (κ2) is 10.3. The van der Waals surface area contributed by atoms with Crippen LogP contribution in [0.25, 0.3) is 65.1 Å². The summed E-state index contributed by atoms with van der Waals surface area (Å²) in [5, 5.41) is 6.58. The molecule has 3 nitrogen and oxygen atoms in total. The minimum Gasteiger partial charge on any atom is -0.310 e. The van der Waals surface area contributed by atoms with Crippen molar-refractivity contribution in [2.45, 2.75) is 26.2 Å². The third-order valence-electron chi connectivity index (χ3n) is 11.8. The van der Waals surface area contributed by atoms with Crippen molar-refractivity contribution < 1.29 is 0 Å². The average molecular weight is 696 g/mol. The molecule has 2 aliphatic rings. The molecule has 0 amide bonds. The van der Waals surface area contributed by atoms with Gasteiger partial charge in [0.15, 0.2) is 0 Å². The molecule has 0 saturated heterocycles. The molecular formula is C48H34BN3S. The summed E-state index contributed by atoms with van der Waals surface area (Å²) in [5.74, 6) is 0. The highest BCUT2D eigenvalue weighted by Crippen LogP contribution is 2.48. The van der Waals surface area contributed by atoms with Crippen LogP contribution in [0.2, 0.25) is 0 Å². The number of para-hydroxylation sites is 3. The van der Waals surface area contributed by atoms with Crippen LogP contribution >= 0.6 is 11.3 Å². The molecule has 53 heavy (non-hydrogen) atoms. The molecule has 5 heterocycles. The highest BCUT2D eigenvalue weighted by atomic mass is 32.1. The normalized spacial score (nSPS) is 13.5. The fourth-order valence-corrected chi connectivity index (χ4v) is 10.9. The lowest BCUT2D eigenvalue weighted by molar-refractivity contribution is 0.591. The largest absolute Gasteiger partial charge is 0.310 e. The number of benzene rings is 7. The Balaban J connectivity index is 1.31. The zero-order valence-electron chi connectivity index (χ0n) is 29.8. The van der Waals surface area contributed by atoms with E-state index in [-0.39, 0.29) is 12.1 Å². The second-order valence-electron chi connectivity index (χ2n) is 15.7. The number of hydrogen-bond donors (Lipinski definition) is 0. The van der Waals surface area contributed by atoms with E-state index in [4.69, 9.17) is 0 Å². The minimum atomic E-state index is 0.0218. The summed E-state index contributed by atoms with van der Waals surface area (Å²) in [6.45, 7) is 7.02. The van der Waals surface area contributed by atoms with Gasteiger partial charge in [-0.15, -0.1) is 11.3 Å². The van der Waals surface area contributed by atoms with Crippen LogP contribution in [0.3, 0.4) is 0 Å². The maximum absolute atomic E-state index is 2.59. The lowest BCUT2D eigenvalue weighted by atomic mass is 9.36. The third kappa shape index (κ3) is 3.80. The number of hydrogen-bond acceptors (Lipinski definition) is 2. The van der Waals surface area contributed by atoms with Crippen molar-refractivity contribution >= 4 is 105 Å². The minimum absolute atomic E-state index is 0.0218. The number of rotatable bonds is 2. The van der Waals surface area contributed by atoms with E-state index in [9.17, 15) is 0 Å². The third-order valence-corrected chi connectivity index (χ3v) is 13.0. The first-order valence-electron chi connectivity index (χ1n) is 18.6.